The molecule has 4 heteroatoms. The van der Waals surface area contributed by atoms with Crippen LogP contribution in [0.4, 0.5) is 0 Å². The molecule has 0 saturated carbocycles. The molecule has 1 amide bonds. The third kappa shape index (κ3) is 1.95. The molecule has 12 heavy (non-hydrogen) atoms. The van der Waals surface area contributed by atoms with E-state index in [1.807, 2.05) is 0 Å². The Labute approximate surface area is 69.6 Å². The van der Waals surface area contributed by atoms with Gasteiger partial charge in [0.05, 0.1) is 12.7 Å². The molecule has 1 heterocycles. The van der Waals surface area contributed by atoms with Crippen molar-refractivity contribution in [2.75, 3.05) is 7.05 Å². The maximum atomic E-state index is 11.0. The molecule has 0 fully saturated rings. The van der Waals surface area contributed by atoms with Crippen molar-refractivity contribution in [3.05, 3.63) is 24.2 Å². The number of nitrogens with one attached hydrogen (secondary N) is 1. The van der Waals surface area contributed by atoms with Crippen LogP contribution in [0.3, 0.4) is 0 Å². The number of furan rings is 1. The van der Waals surface area contributed by atoms with Gasteiger partial charge in [-0.2, -0.15) is 0 Å². The predicted octanol–water partition coefficient (Wildman–Crippen LogP) is 0.137. The summed E-state index contributed by atoms with van der Waals surface area (Å²) in [7, 11) is 1.42. The summed E-state index contributed by atoms with van der Waals surface area (Å²) >= 11 is 0. The zero-order chi connectivity index (χ0) is 8.97. The topological polar surface area (TPSA) is 59.3 Å². The molecule has 0 bridgehead atoms. The van der Waals surface area contributed by atoms with Gasteiger partial charge in [-0.25, -0.2) is 0 Å². The fourth-order valence-corrected chi connectivity index (χ4v) is 0.791. The number of carbonyl (C=O) groups excluding carboxylic acids is 2. The third-order valence-corrected chi connectivity index (χ3v) is 1.40. The van der Waals surface area contributed by atoms with Gasteiger partial charge in [0.2, 0.25) is 5.78 Å². The van der Waals surface area contributed by atoms with Crippen LogP contribution in [0, 0.1) is 0 Å². The van der Waals surface area contributed by atoms with Crippen molar-refractivity contribution >= 4 is 11.7 Å². The van der Waals surface area contributed by atoms with Crippen LogP contribution >= 0.6 is 0 Å². The molecule has 0 aliphatic rings. The van der Waals surface area contributed by atoms with Gasteiger partial charge in [0.15, 0.2) is 0 Å². The van der Waals surface area contributed by atoms with Gasteiger partial charge in [-0.1, -0.05) is 0 Å². The van der Waals surface area contributed by atoms with Crippen molar-refractivity contribution in [1.82, 2.24) is 5.32 Å². The number of hydrogen-bond acceptors (Lipinski definition) is 3. The molecular weight excluding hydrogens is 158 g/mol. The van der Waals surface area contributed by atoms with Crippen LogP contribution in [0.2, 0.25) is 0 Å². The van der Waals surface area contributed by atoms with E-state index >= 15 is 0 Å². The average Bonchev–Trinajstić information content (AvgIpc) is 2.55. The first-order valence-electron chi connectivity index (χ1n) is 3.51. The van der Waals surface area contributed by atoms with Gasteiger partial charge < -0.3 is 9.73 Å². The smallest absolute Gasteiger partial charge is 0.287 e. The maximum Gasteiger partial charge on any atom is 0.287 e. The Balaban J connectivity index is 2.53. The fraction of sp³-hybridized carbons (Fsp3) is 0.250. The number of rotatable bonds is 3. The van der Waals surface area contributed by atoms with Gasteiger partial charge in [0.1, 0.15) is 5.76 Å². The molecule has 1 N–H and O–H groups in total. The minimum atomic E-state index is -0.591. The first-order valence-corrected chi connectivity index (χ1v) is 3.51. The number of hydrogen-bond donors (Lipinski definition) is 1. The van der Waals surface area contributed by atoms with E-state index in [-0.39, 0.29) is 6.42 Å². The number of Topliss-reactive ketones (excluding diaryl/α,β-unsaturated/α-hetero) is 1. The lowest BCUT2D eigenvalue weighted by Gasteiger charge is -1.95. The van der Waals surface area contributed by atoms with Crippen LogP contribution < -0.4 is 5.32 Å². The van der Waals surface area contributed by atoms with Gasteiger partial charge in [0, 0.05) is 7.05 Å². The summed E-state index contributed by atoms with van der Waals surface area (Å²) in [6, 6.07) is 3.33. The Morgan fingerprint density at radius 2 is 2.33 bits per heavy atom. The van der Waals surface area contributed by atoms with Crippen molar-refractivity contribution in [1.29, 1.82) is 0 Å². The lowest BCUT2D eigenvalue weighted by Crippen LogP contribution is -2.28. The second-order valence-electron chi connectivity index (χ2n) is 2.26. The van der Waals surface area contributed by atoms with E-state index < -0.39 is 11.7 Å². The molecule has 0 unspecified atom stereocenters. The Morgan fingerprint density at radius 1 is 1.58 bits per heavy atom. The van der Waals surface area contributed by atoms with Crippen molar-refractivity contribution in [2.45, 2.75) is 6.42 Å². The van der Waals surface area contributed by atoms with E-state index in [4.69, 9.17) is 4.42 Å². The van der Waals surface area contributed by atoms with E-state index in [0.717, 1.165) is 0 Å². The number of likely N-dealkylation sites (N-methyl/N-ethyl adjacent to an activating group) is 1. The highest BCUT2D eigenvalue weighted by atomic mass is 16.3. The van der Waals surface area contributed by atoms with E-state index in [2.05, 4.69) is 5.32 Å². The second-order valence-corrected chi connectivity index (χ2v) is 2.26. The molecule has 1 aromatic rings. The first-order chi connectivity index (χ1) is 5.74. The zero-order valence-electron chi connectivity index (χ0n) is 6.66. The average molecular weight is 167 g/mol. The summed E-state index contributed by atoms with van der Waals surface area (Å²) in [6.45, 7) is 0. The molecule has 64 valence electrons. The van der Waals surface area contributed by atoms with Crippen molar-refractivity contribution in [3.8, 4) is 0 Å². The minimum absolute atomic E-state index is 0.0205. The molecule has 0 spiro atoms. The molecule has 0 aliphatic heterocycles. The van der Waals surface area contributed by atoms with Gasteiger partial charge in [0.25, 0.3) is 5.91 Å². The fourth-order valence-electron chi connectivity index (χ4n) is 0.791. The quantitative estimate of drug-likeness (QED) is 0.651. The standard InChI is InChI=1S/C8H9NO3/c1-9-8(11)7(10)5-6-3-2-4-12-6/h2-4H,5H2,1H3,(H,9,11). The molecule has 0 aromatic carbocycles. The van der Waals surface area contributed by atoms with E-state index in [9.17, 15) is 9.59 Å². The van der Waals surface area contributed by atoms with Gasteiger partial charge in [-0.05, 0) is 12.1 Å². The van der Waals surface area contributed by atoms with E-state index in [1.54, 1.807) is 12.1 Å². The van der Waals surface area contributed by atoms with Crippen molar-refractivity contribution < 1.29 is 14.0 Å². The summed E-state index contributed by atoms with van der Waals surface area (Å²) in [5, 5.41) is 2.25. The molecule has 1 aromatic heterocycles. The molecule has 1 rings (SSSR count). The van der Waals surface area contributed by atoms with Crippen LogP contribution in [0.1, 0.15) is 5.76 Å². The number of ketones is 1. The van der Waals surface area contributed by atoms with E-state index in [1.165, 1.54) is 13.3 Å². The summed E-state index contributed by atoms with van der Waals surface area (Å²) in [5.41, 5.74) is 0. The molecule has 4 nitrogen and oxygen atoms in total. The minimum Gasteiger partial charge on any atom is -0.469 e. The van der Waals surface area contributed by atoms with Crippen LogP contribution in [0.5, 0.6) is 0 Å². The van der Waals surface area contributed by atoms with Crippen LogP contribution in [0.25, 0.3) is 0 Å². The Bertz CT molecular complexity index is 277. The highest BCUT2D eigenvalue weighted by Crippen LogP contribution is 2.00. The Kier molecular flexibility index (Phi) is 2.63. The van der Waals surface area contributed by atoms with Gasteiger partial charge >= 0.3 is 0 Å². The molecule has 0 saturated heterocycles. The largest absolute Gasteiger partial charge is 0.469 e. The number of amides is 1. The normalized spacial score (nSPS) is 9.42. The van der Waals surface area contributed by atoms with Crippen LogP contribution in [-0.2, 0) is 16.0 Å². The summed E-state index contributed by atoms with van der Waals surface area (Å²) in [4.78, 5) is 21.7. The lowest BCUT2D eigenvalue weighted by atomic mass is 10.2. The molecule has 0 radical (unpaired) electrons. The molecule has 0 aliphatic carbocycles. The van der Waals surface area contributed by atoms with Gasteiger partial charge in [-0.3, -0.25) is 9.59 Å². The first kappa shape index (κ1) is 8.52. The third-order valence-electron chi connectivity index (χ3n) is 1.40. The van der Waals surface area contributed by atoms with Crippen molar-refractivity contribution in [3.63, 3.8) is 0 Å². The summed E-state index contributed by atoms with van der Waals surface area (Å²) < 4.78 is 4.90. The molecular formula is C8H9NO3. The van der Waals surface area contributed by atoms with Gasteiger partial charge in [-0.15, -0.1) is 0 Å². The van der Waals surface area contributed by atoms with E-state index in [0.29, 0.717) is 5.76 Å². The predicted molar refractivity (Wildman–Crippen MR) is 41.5 cm³/mol. The Morgan fingerprint density at radius 3 is 2.83 bits per heavy atom. The summed E-state index contributed by atoms with van der Waals surface area (Å²) in [6.07, 6.45) is 1.49. The monoisotopic (exact) mass is 167 g/mol. The SMILES string of the molecule is CNC(=O)C(=O)Cc1ccco1. The number of carbonyl (C=O) groups is 2. The lowest BCUT2D eigenvalue weighted by molar-refractivity contribution is -0.137. The summed E-state index contributed by atoms with van der Waals surface area (Å²) in [5.74, 6) is -0.581. The van der Waals surface area contributed by atoms with Crippen molar-refractivity contribution in [2.24, 2.45) is 0 Å². The highest BCUT2D eigenvalue weighted by molar-refractivity contribution is 6.36. The maximum absolute atomic E-state index is 11.0. The highest BCUT2D eigenvalue weighted by Gasteiger charge is 2.12. The zero-order valence-corrected chi connectivity index (χ0v) is 6.66. The second kappa shape index (κ2) is 3.71. The molecule has 0 atom stereocenters. The Hall–Kier alpha value is -1.58. The van der Waals surface area contributed by atoms with Crippen LogP contribution in [-0.4, -0.2) is 18.7 Å². The van der Waals surface area contributed by atoms with Crippen LogP contribution in [0.15, 0.2) is 22.8 Å².